The van der Waals surface area contributed by atoms with E-state index in [0.717, 1.165) is 12.8 Å². The molecule has 1 amide bonds. The lowest BCUT2D eigenvalue weighted by Crippen LogP contribution is -2.39. The number of carbonyl (C=O) groups excluding carboxylic acids is 2. The molecule has 3 N–H and O–H groups in total. The number of unbranched alkanes of at least 4 members (excludes halogenated alkanes) is 13. The van der Waals surface area contributed by atoms with Gasteiger partial charge in [-0.1, -0.05) is 104 Å². The summed E-state index contributed by atoms with van der Waals surface area (Å²) in [6.07, 6.45) is 19.3. The van der Waals surface area contributed by atoms with E-state index in [4.69, 9.17) is 5.84 Å². The number of rotatable bonds is 18. The van der Waals surface area contributed by atoms with Crippen molar-refractivity contribution in [3.63, 3.8) is 0 Å². The molecular weight excluding hydrogens is 312 g/mol. The molecular formula is C21H42N2O2. The van der Waals surface area contributed by atoms with Crippen LogP contribution in [0.1, 0.15) is 117 Å². The molecule has 0 aliphatic carbocycles. The van der Waals surface area contributed by atoms with Gasteiger partial charge < -0.3 is 0 Å². The topological polar surface area (TPSA) is 72.2 Å². The van der Waals surface area contributed by atoms with Crippen LogP contribution in [-0.4, -0.2) is 11.7 Å². The SMILES string of the molecule is CCCCCCCCCCCCCCCCC(C(=O)CC)C(=O)NN. The largest absolute Gasteiger partial charge is 0.299 e. The minimum atomic E-state index is -0.549. The monoisotopic (exact) mass is 354 g/mol. The molecule has 0 aliphatic heterocycles. The molecule has 0 fully saturated rings. The predicted molar refractivity (Wildman–Crippen MR) is 106 cm³/mol. The normalized spacial score (nSPS) is 12.1. The highest BCUT2D eigenvalue weighted by molar-refractivity contribution is 6.00. The Morgan fingerprint density at radius 3 is 1.48 bits per heavy atom. The average molecular weight is 355 g/mol. The van der Waals surface area contributed by atoms with Crippen molar-refractivity contribution in [2.45, 2.75) is 117 Å². The molecule has 1 atom stereocenters. The smallest absolute Gasteiger partial charge is 0.244 e. The first-order chi connectivity index (χ1) is 12.2. The molecule has 0 heterocycles. The van der Waals surface area contributed by atoms with Crippen LogP contribution in [0.3, 0.4) is 0 Å². The minimum Gasteiger partial charge on any atom is -0.299 e. The maximum absolute atomic E-state index is 11.8. The number of ketones is 1. The van der Waals surface area contributed by atoms with Crippen molar-refractivity contribution in [3.8, 4) is 0 Å². The quantitative estimate of drug-likeness (QED) is 0.113. The Labute approximate surface area is 155 Å². The van der Waals surface area contributed by atoms with E-state index in [0.29, 0.717) is 12.8 Å². The molecule has 4 heteroatoms. The number of hydrogen-bond donors (Lipinski definition) is 2. The molecule has 0 spiro atoms. The highest BCUT2D eigenvalue weighted by Gasteiger charge is 2.23. The fraction of sp³-hybridized carbons (Fsp3) is 0.905. The molecule has 148 valence electrons. The van der Waals surface area contributed by atoms with Crippen molar-refractivity contribution in [2.24, 2.45) is 11.8 Å². The molecule has 0 aromatic rings. The Bertz CT molecular complexity index is 316. The van der Waals surface area contributed by atoms with Crippen LogP contribution < -0.4 is 11.3 Å². The second-order valence-electron chi connectivity index (χ2n) is 7.27. The van der Waals surface area contributed by atoms with Crippen molar-refractivity contribution in [2.75, 3.05) is 0 Å². The van der Waals surface area contributed by atoms with Crippen LogP contribution in [-0.2, 0) is 9.59 Å². The van der Waals surface area contributed by atoms with Gasteiger partial charge in [0.05, 0.1) is 5.92 Å². The molecule has 0 saturated heterocycles. The van der Waals surface area contributed by atoms with Gasteiger partial charge in [-0.2, -0.15) is 0 Å². The van der Waals surface area contributed by atoms with E-state index in [-0.39, 0.29) is 11.7 Å². The highest BCUT2D eigenvalue weighted by atomic mass is 16.2. The van der Waals surface area contributed by atoms with Crippen LogP contribution in [0.5, 0.6) is 0 Å². The van der Waals surface area contributed by atoms with Crippen LogP contribution in [0.4, 0.5) is 0 Å². The van der Waals surface area contributed by atoms with E-state index in [2.05, 4.69) is 12.3 Å². The minimum absolute atomic E-state index is 0.00218. The lowest BCUT2D eigenvalue weighted by atomic mass is 9.94. The number of nitrogens with one attached hydrogen (secondary N) is 1. The molecule has 0 bridgehead atoms. The van der Waals surface area contributed by atoms with Crippen molar-refractivity contribution < 1.29 is 9.59 Å². The van der Waals surface area contributed by atoms with Crippen molar-refractivity contribution in [1.29, 1.82) is 0 Å². The van der Waals surface area contributed by atoms with Crippen LogP contribution in [0, 0.1) is 5.92 Å². The van der Waals surface area contributed by atoms with Gasteiger partial charge in [-0.25, -0.2) is 5.84 Å². The molecule has 25 heavy (non-hydrogen) atoms. The third-order valence-electron chi connectivity index (χ3n) is 5.04. The second kappa shape index (κ2) is 17.9. The highest BCUT2D eigenvalue weighted by Crippen LogP contribution is 2.16. The number of hydrazine groups is 1. The Balaban J connectivity index is 3.43. The van der Waals surface area contributed by atoms with Gasteiger partial charge >= 0.3 is 0 Å². The average Bonchev–Trinajstić information content (AvgIpc) is 2.63. The zero-order valence-electron chi connectivity index (χ0n) is 16.8. The molecule has 0 aromatic carbocycles. The maximum Gasteiger partial charge on any atom is 0.244 e. The number of Topliss-reactive ketones (excluding diaryl/α,β-unsaturated/α-hetero) is 1. The van der Waals surface area contributed by atoms with Gasteiger partial charge in [-0.15, -0.1) is 0 Å². The number of carbonyl (C=O) groups is 2. The summed E-state index contributed by atoms with van der Waals surface area (Å²) in [5.41, 5.74) is 2.12. The first-order valence-corrected chi connectivity index (χ1v) is 10.7. The zero-order valence-corrected chi connectivity index (χ0v) is 16.8. The number of nitrogens with two attached hydrogens (primary N) is 1. The standard InChI is InChI=1S/C21H42N2O2/c1-3-5-6-7-8-9-10-11-12-13-14-15-16-17-18-19(20(24)4-2)21(25)23-22/h19H,3-18,22H2,1-2H3,(H,23,25). The summed E-state index contributed by atoms with van der Waals surface area (Å²) in [6, 6.07) is 0. The Morgan fingerprint density at radius 2 is 1.12 bits per heavy atom. The molecule has 0 aromatic heterocycles. The molecule has 1 unspecified atom stereocenters. The van der Waals surface area contributed by atoms with E-state index >= 15 is 0 Å². The molecule has 0 saturated carbocycles. The van der Waals surface area contributed by atoms with E-state index in [1.807, 2.05) is 0 Å². The summed E-state index contributed by atoms with van der Waals surface area (Å²) in [6.45, 7) is 4.06. The van der Waals surface area contributed by atoms with Gasteiger partial charge in [0.25, 0.3) is 0 Å². The van der Waals surface area contributed by atoms with Crippen molar-refractivity contribution in [3.05, 3.63) is 0 Å². The van der Waals surface area contributed by atoms with Gasteiger partial charge in [0.1, 0.15) is 5.78 Å². The van der Waals surface area contributed by atoms with E-state index in [1.165, 1.54) is 77.0 Å². The van der Waals surface area contributed by atoms with Crippen molar-refractivity contribution in [1.82, 2.24) is 5.43 Å². The summed E-state index contributed by atoms with van der Waals surface area (Å²) >= 11 is 0. The molecule has 0 radical (unpaired) electrons. The Morgan fingerprint density at radius 1 is 0.720 bits per heavy atom. The van der Waals surface area contributed by atoms with Crippen LogP contribution >= 0.6 is 0 Å². The van der Waals surface area contributed by atoms with E-state index in [1.54, 1.807) is 6.92 Å². The van der Waals surface area contributed by atoms with Gasteiger partial charge in [0, 0.05) is 6.42 Å². The lowest BCUT2D eigenvalue weighted by Gasteiger charge is -2.12. The van der Waals surface area contributed by atoms with Crippen LogP contribution in [0.15, 0.2) is 0 Å². The van der Waals surface area contributed by atoms with Crippen LogP contribution in [0.25, 0.3) is 0 Å². The first kappa shape index (κ1) is 24.1. The second-order valence-corrected chi connectivity index (χ2v) is 7.27. The fourth-order valence-corrected chi connectivity index (χ4v) is 3.33. The van der Waals surface area contributed by atoms with E-state index < -0.39 is 5.92 Å². The lowest BCUT2D eigenvalue weighted by molar-refractivity contribution is -0.134. The molecule has 0 aliphatic rings. The predicted octanol–water partition coefficient (Wildman–Crippen LogP) is 5.44. The Hall–Kier alpha value is -0.900. The summed E-state index contributed by atoms with van der Waals surface area (Å²) in [4.78, 5) is 23.4. The summed E-state index contributed by atoms with van der Waals surface area (Å²) in [5, 5.41) is 0. The van der Waals surface area contributed by atoms with Crippen LogP contribution in [0.2, 0.25) is 0 Å². The van der Waals surface area contributed by atoms with Gasteiger partial charge in [-0.3, -0.25) is 15.0 Å². The fourth-order valence-electron chi connectivity index (χ4n) is 3.33. The molecule has 0 rings (SSSR count). The Kier molecular flexibility index (Phi) is 17.3. The first-order valence-electron chi connectivity index (χ1n) is 10.7. The molecule has 4 nitrogen and oxygen atoms in total. The maximum atomic E-state index is 11.8. The van der Waals surface area contributed by atoms with Gasteiger partial charge in [-0.05, 0) is 6.42 Å². The van der Waals surface area contributed by atoms with Gasteiger partial charge in [0.2, 0.25) is 5.91 Å². The van der Waals surface area contributed by atoms with Crippen molar-refractivity contribution >= 4 is 11.7 Å². The summed E-state index contributed by atoms with van der Waals surface area (Å²) in [5.74, 6) is 4.28. The third-order valence-corrected chi connectivity index (χ3v) is 5.04. The summed E-state index contributed by atoms with van der Waals surface area (Å²) < 4.78 is 0. The third kappa shape index (κ3) is 14.0. The summed E-state index contributed by atoms with van der Waals surface area (Å²) in [7, 11) is 0. The number of hydrogen-bond acceptors (Lipinski definition) is 3. The zero-order chi connectivity index (χ0) is 18.8. The van der Waals surface area contributed by atoms with E-state index in [9.17, 15) is 9.59 Å². The number of amides is 1. The van der Waals surface area contributed by atoms with Gasteiger partial charge in [0.15, 0.2) is 0 Å².